The second-order valence-corrected chi connectivity index (χ2v) is 4.10. The molecule has 15 heavy (non-hydrogen) atoms. The Bertz CT molecular complexity index is 396. The fraction of sp³-hybridized carbons (Fsp3) is 0.600. The van der Waals surface area contributed by atoms with Crippen molar-refractivity contribution in [3.05, 3.63) is 17.0 Å². The van der Waals surface area contributed by atoms with E-state index in [-0.39, 0.29) is 0 Å². The second kappa shape index (κ2) is 3.66. The van der Waals surface area contributed by atoms with Crippen LogP contribution in [0.5, 0.6) is 0 Å². The van der Waals surface area contributed by atoms with E-state index in [0.29, 0.717) is 5.69 Å². The number of carbonyl (C=O) groups is 1. The van der Waals surface area contributed by atoms with E-state index in [1.165, 1.54) is 0 Å². The standard InChI is InChI=1S/C10H16N4O/c1-7-8-6-13(2)4-3-5-14(8)12-9(7)10(11)15/h3-6H2,1-2H3,(H2,11,15). The van der Waals surface area contributed by atoms with E-state index >= 15 is 0 Å². The molecule has 1 aromatic rings. The van der Waals surface area contributed by atoms with Gasteiger partial charge in [-0.15, -0.1) is 0 Å². The minimum Gasteiger partial charge on any atom is -0.364 e. The third kappa shape index (κ3) is 1.74. The van der Waals surface area contributed by atoms with Crippen LogP contribution in [0.4, 0.5) is 0 Å². The number of aromatic nitrogens is 2. The van der Waals surface area contributed by atoms with Crippen molar-refractivity contribution in [1.82, 2.24) is 14.7 Å². The highest BCUT2D eigenvalue weighted by Gasteiger charge is 2.20. The van der Waals surface area contributed by atoms with Crippen molar-refractivity contribution < 1.29 is 4.79 Å². The summed E-state index contributed by atoms with van der Waals surface area (Å²) in [5.74, 6) is -0.435. The number of carbonyl (C=O) groups excluding carboxylic acids is 1. The maximum absolute atomic E-state index is 11.1. The molecule has 0 saturated heterocycles. The summed E-state index contributed by atoms with van der Waals surface area (Å²) in [5, 5.41) is 4.26. The van der Waals surface area contributed by atoms with Crippen LogP contribution in [-0.2, 0) is 13.1 Å². The van der Waals surface area contributed by atoms with E-state index in [9.17, 15) is 4.79 Å². The summed E-state index contributed by atoms with van der Waals surface area (Å²) < 4.78 is 1.92. The zero-order valence-electron chi connectivity index (χ0n) is 9.16. The lowest BCUT2D eigenvalue weighted by molar-refractivity contribution is 0.0994. The molecular formula is C10H16N4O. The molecule has 5 nitrogen and oxygen atoms in total. The van der Waals surface area contributed by atoms with E-state index in [0.717, 1.165) is 37.3 Å². The average molecular weight is 208 g/mol. The quantitative estimate of drug-likeness (QED) is 0.713. The molecule has 0 unspecified atom stereocenters. The van der Waals surface area contributed by atoms with Gasteiger partial charge in [-0.3, -0.25) is 9.48 Å². The summed E-state index contributed by atoms with van der Waals surface area (Å²) in [4.78, 5) is 13.4. The van der Waals surface area contributed by atoms with Crippen LogP contribution in [-0.4, -0.2) is 34.2 Å². The zero-order valence-corrected chi connectivity index (χ0v) is 9.16. The molecule has 1 aliphatic heterocycles. The van der Waals surface area contributed by atoms with E-state index in [2.05, 4.69) is 17.0 Å². The molecule has 0 aromatic carbocycles. The largest absolute Gasteiger partial charge is 0.364 e. The van der Waals surface area contributed by atoms with Crippen LogP contribution in [0, 0.1) is 6.92 Å². The number of amides is 1. The van der Waals surface area contributed by atoms with Gasteiger partial charge in [0.2, 0.25) is 0 Å². The van der Waals surface area contributed by atoms with E-state index < -0.39 is 5.91 Å². The zero-order chi connectivity index (χ0) is 11.0. The van der Waals surface area contributed by atoms with Crippen LogP contribution in [0.2, 0.25) is 0 Å². The second-order valence-electron chi connectivity index (χ2n) is 4.10. The summed E-state index contributed by atoms with van der Waals surface area (Å²) in [6.45, 7) is 4.69. The lowest BCUT2D eigenvalue weighted by Gasteiger charge is -2.12. The first-order valence-electron chi connectivity index (χ1n) is 5.14. The highest BCUT2D eigenvalue weighted by molar-refractivity contribution is 5.92. The first kappa shape index (κ1) is 10.2. The Hall–Kier alpha value is -1.36. The fourth-order valence-corrected chi connectivity index (χ4v) is 2.03. The van der Waals surface area contributed by atoms with Gasteiger partial charge in [0.05, 0.1) is 5.69 Å². The molecule has 1 aliphatic rings. The summed E-state index contributed by atoms with van der Waals surface area (Å²) >= 11 is 0. The molecule has 1 aromatic heterocycles. The summed E-state index contributed by atoms with van der Waals surface area (Å²) in [6, 6.07) is 0. The molecule has 2 N–H and O–H groups in total. The van der Waals surface area contributed by atoms with Crippen LogP contribution < -0.4 is 5.73 Å². The molecule has 0 aliphatic carbocycles. The Labute approximate surface area is 88.8 Å². The number of primary amides is 1. The maximum Gasteiger partial charge on any atom is 0.269 e. The smallest absolute Gasteiger partial charge is 0.269 e. The molecule has 2 heterocycles. The summed E-state index contributed by atoms with van der Waals surface area (Å²) in [6.07, 6.45) is 1.06. The van der Waals surface area contributed by atoms with Gasteiger partial charge in [-0.1, -0.05) is 0 Å². The number of aryl methyl sites for hydroxylation is 1. The highest BCUT2D eigenvalue weighted by Crippen LogP contribution is 2.17. The van der Waals surface area contributed by atoms with Gasteiger partial charge >= 0.3 is 0 Å². The predicted molar refractivity (Wildman–Crippen MR) is 56.4 cm³/mol. The topological polar surface area (TPSA) is 64.2 Å². The van der Waals surface area contributed by atoms with Crippen LogP contribution in [0.3, 0.4) is 0 Å². The molecule has 82 valence electrons. The third-order valence-electron chi connectivity index (χ3n) is 2.88. The van der Waals surface area contributed by atoms with Crippen LogP contribution in [0.1, 0.15) is 28.2 Å². The van der Waals surface area contributed by atoms with Crippen molar-refractivity contribution in [2.75, 3.05) is 13.6 Å². The average Bonchev–Trinajstić information content (AvgIpc) is 2.38. The minimum absolute atomic E-state index is 0.417. The van der Waals surface area contributed by atoms with E-state index in [1.54, 1.807) is 0 Å². The number of nitrogens with zero attached hydrogens (tertiary/aromatic N) is 3. The van der Waals surface area contributed by atoms with Gasteiger partial charge in [0, 0.05) is 25.2 Å². The normalized spacial score (nSPS) is 17.2. The molecule has 2 rings (SSSR count). The number of fused-ring (bicyclic) bond motifs is 1. The summed E-state index contributed by atoms with van der Waals surface area (Å²) in [5.41, 5.74) is 7.73. The Balaban J connectivity index is 2.44. The Morgan fingerprint density at radius 2 is 2.20 bits per heavy atom. The Morgan fingerprint density at radius 1 is 1.47 bits per heavy atom. The van der Waals surface area contributed by atoms with E-state index in [4.69, 9.17) is 5.73 Å². The Morgan fingerprint density at radius 3 is 2.87 bits per heavy atom. The van der Waals surface area contributed by atoms with Crippen molar-refractivity contribution in [2.45, 2.75) is 26.4 Å². The van der Waals surface area contributed by atoms with Gasteiger partial charge in [-0.25, -0.2) is 0 Å². The molecule has 0 bridgehead atoms. The van der Waals surface area contributed by atoms with Crippen molar-refractivity contribution >= 4 is 5.91 Å². The fourth-order valence-electron chi connectivity index (χ4n) is 2.03. The number of nitrogens with two attached hydrogens (primary N) is 1. The van der Waals surface area contributed by atoms with Crippen LogP contribution in [0.15, 0.2) is 0 Å². The monoisotopic (exact) mass is 208 g/mol. The molecule has 1 amide bonds. The van der Waals surface area contributed by atoms with Gasteiger partial charge in [0.1, 0.15) is 0 Å². The van der Waals surface area contributed by atoms with Gasteiger partial charge in [-0.2, -0.15) is 5.10 Å². The van der Waals surface area contributed by atoms with Crippen molar-refractivity contribution in [3.63, 3.8) is 0 Å². The van der Waals surface area contributed by atoms with Crippen LogP contribution >= 0.6 is 0 Å². The van der Waals surface area contributed by atoms with Gasteiger partial charge < -0.3 is 10.6 Å². The molecule has 0 fully saturated rings. The first-order chi connectivity index (χ1) is 7.09. The molecule has 0 atom stereocenters. The van der Waals surface area contributed by atoms with Crippen molar-refractivity contribution in [3.8, 4) is 0 Å². The lowest BCUT2D eigenvalue weighted by atomic mass is 10.2. The molecule has 0 spiro atoms. The van der Waals surface area contributed by atoms with Gasteiger partial charge in [-0.05, 0) is 20.4 Å². The van der Waals surface area contributed by atoms with E-state index in [1.807, 2.05) is 11.6 Å². The lowest BCUT2D eigenvalue weighted by Crippen LogP contribution is -2.18. The number of hydrogen-bond acceptors (Lipinski definition) is 3. The SMILES string of the molecule is Cc1c(C(N)=O)nn2c1CN(C)CCC2. The van der Waals surface area contributed by atoms with Gasteiger partial charge in [0.25, 0.3) is 5.91 Å². The molecule has 5 heteroatoms. The van der Waals surface area contributed by atoms with Crippen LogP contribution in [0.25, 0.3) is 0 Å². The number of rotatable bonds is 1. The van der Waals surface area contributed by atoms with Crippen molar-refractivity contribution in [1.29, 1.82) is 0 Å². The molecular weight excluding hydrogens is 192 g/mol. The molecule has 0 radical (unpaired) electrons. The summed E-state index contributed by atoms with van der Waals surface area (Å²) in [7, 11) is 2.08. The maximum atomic E-state index is 11.1. The third-order valence-corrected chi connectivity index (χ3v) is 2.88. The highest BCUT2D eigenvalue weighted by atomic mass is 16.1. The minimum atomic E-state index is -0.435. The molecule has 0 saturated carbocycles. The Kier molecular flexibility index (Phi) is 2.48. The van der Waals surface area contributed by atoms with Crippen molar-refractivity contribution in [2.24, 2.45) is 5.73 Å². The predicted octanol–water partition coefficient (Wildman–Crippen LogP) is 0.126. The first-order valence-corrected chi connectivity index (χ1v) is 5.14. The van der Waals surface area contributed by atoms with Gasteiger partial charge in [0.15, 0.2) is 5.69 Å². The number of hydrogen-bond donors (Lipinski definition) is 1.